The van der Waals surface area contributed by atoms with Crippen molar-refractivity contribution < 1.29 is 27.0 Å². The molecule has 0 radical (unpaired) electrons. The Kier molecular flexibility index (Phi) is 5.91. The molecule has 0 unspecified atom stereocenters. The van der Waals surface area contributed by atoms with Crippen molar-refractivity contribution in [2.75, 3.05) is 13.9 Å². The second-order valence-electron chi connectivity index (χ2n) is 7.97. The predicted molar refractivity (Wildman–Crippen MR) is 127 cm³/mol. The molecule has 0 amide bonds. The standard InChI is InChI=1S/C25H21FN2O6S/c1-32-19-8-6-16(7-9-19)13-28(35(30,31)24-5-3-2-4-20(24)26)14-18-10-17-11-22-23(34-15-33-22)12-21(17)27-25(18)29/h2-12H,13-15H2,1H3,(H,27,29). The van der Waals surface area contributed by atoms with Gasteiger partial charge in [-0.3, -0.25) is 4.79 Å². The quantitative estimate of drug-likeness (QED) is 0.418. The lowest BCUT2D eigenvalue weighted by Crippen LogP contribution is -2.33. The molecule has 0 spiro atoms. The zero-order valence-electron chi connectivity index (χ0n) is 18.7. The summed E-state index contributed by atoms with van der Waals surface area (Å²) in [6.45, 7) is -0.277. The fraction of sp³-hybridized carbons (Fsp3) is 0.160. The number of aromatic amines is 1. The van der Waals surface area contributed by atoms with Crippen molar-refractivity contribution >= 4 is 20.9 Å². The number of ether oxygens (including phenoxy) is 3. The van der Waals surface area contributed by atoms with Gasteiger partial charge in [0.05, 0.1) is 12.6 Å². The van der Waals surface area contributed by atoms with Crippen molar-refractivity contribution in [3.8, 4) is 17.2 Å². The monoisotopic (exact) mass is 496 g/mol. The number of nitrogens with zero attached hydrogens (tertiary/aromatic N) is 1. The molecule has 1 aliphatic rings. The van der Waals surface area contributed by atoms with Crippen LogP contribution in [0, 0.1) is 5.82 Å². The predicted octanol–water partition coefficient (Wildman–Crippen LogP) is 3.80. The molecule has 1 aromatic heterocycles. The molecule has 4 aromatic rings. The molecule has 0 bridgehead atoms. The maximum atomic E-state index is 14.5. The van der Waals surface area contributed by atoms with Gasteiger partial charge in [-0.2, -0.15) is 4.31 Å². The Morgan fingerprint density at radius 1 is 1.00 bits per heavy atom. The van der Waals surface area contributed by atoms with Crippen LogP contribution < -0.4 is 19.8 Å². The molecular weight excluding hydrogens is 475 g/mol. The SMILES string of the molecule is COc1ccc(CN(Cc2cc3cc4c(cc3[nH]c2=O)OCO4)S(=O)(=O)c2ccccc2F)cc1. The first kappa shape index (κ1) is 22.9. The molecule has 35 heavy (non-hydrogen) atoms. The first-order valence-corrected chi connectivity index (χ1v) is 12.1. The van der Waals surface area contributed by atoms with Crippen LogP contribution in [-0.4, -0.2) is 31.6 Å². The van der Waals surface area contributed by atoms with Crippen LogP contribution in [-0.2, 0) is 23.1 Å². The minimum absolute atomic E-state index is 0.0826. The fourth-order valence-electron chi connectivity index (χ4n) is 3.90. The van der Waals surface area contributed by atoms with E-state index < -0.39 is 26.3 Å². The third-order valence-corrected chi connectivity index (χ3v) is 7.56. The largest absolute Gasteiger partial charge is 0.497 e. The van der Waals surface area contributed by atoms with Gasteiger partial charge in [0.2, 0.25) is 16.8 Å². The van der Waals surface area contributed by atoms with E-state index >= 15 is 0 Å². The van der Waals surface area contributed by atoms with Gasteiger partial charge in [-0.15, -0.1) is 0 Å². The molecule has 5 rings (SSSR count). The summed E-state index contributed by atoms with van der Waals surface area (Å²) in [6, 6.07) is 17.0. The van der Waals surface area contributed by atoms with Crippen molar-refractivity contribution in [2.24, 2.45) is 0 Å². The van der Waals surface area contributed by atoms with Crippen LogP contribution in [0.3, 0.4) is 0 Å². The molecule has 1 N–H and O–H groups in total. The normalized spacial score (nSPS) is 12.9. The summed E-state index contributed by atoms with van der Waals surface area (Å²) in [4.78, 5) is 15.2. The first-order chi connectivity index (χ1) is 16.8. The molecule has 0 saturated heterocycles. The summed E-state index contributed by atoms with van der Waals surface area (Å²) < 4.78 is 58.6. The second-order valence-corrected chi connectivity index (χ2v) is 9.87. The number of methoxy groups -OCH3 is 1. The Hall–Kier alpha value is -3.89. The van der Waals surface area contributed by atoms with Crippen molar-refractivity contribution in [3.05, 3.63) is 94.0 Å². The van der Waals surface area contributed by atoms with Crippen molar-refractivity contribution in [1.82, 2.24) is 9.29 Å². The molecule has 2 heterocycles. The summed E-state index contributed by atoms with van der Waals surface area (Å²) in [5.74, 6) is 0.794. The highest BCUT2D eigenvalue weighted by Crippen LogP contribution is 2.35. The Labute approximate surface area is 200 Å². The van der Waals surface area contributed by atoms with Gasteiger partial charge in [-0.25, -0.2) is 12.8 Å². The number of benzene rings is 3. The third kappa shape index (κ3) is 4.45. The first-order valence-electron chi connectivity index (χ1n) is 10.7. The fourth-order valence-corrected chi connectivity index (χ4v) is 5.37. The van der Waals surface area contributed by atoms with E-state index in [-0.39, 0.29) is 25.4 Å². The lowest BCUT2D eigenvalue weighted by Gasteiger charge is -2.23. The Morgan fingerprint density at radius 2 is 1.71 bits per heavy atom. The smallest absolute Gasteiger partial charge is 0.252 e. The molecule has 0 fully saturated rings. The highest BCUT2D eigenvalue weighted by Gasteiger charge is 2.29. The molecule has 0 saturated carbocycles. The minimum atomic E-state index is -4.29. The van der Waals surface area contributed by atoms with E-state index in [1.807, 2.05) is 0 Å². The van der Waals surface area contributed by atoms with Crippen LogP contribution in [0.25, 0.3) is 10.9 Å². The maximum Gasteiger partial charge on any atom is 0.252 e. The summed E-state index contributed by atoms with van der Waals surface area (Å²) in [7, 11) is -2.76. The molecule has 3 aromatic carbocycles. The maximum absolute atomic E-state index is 14.5. The van der Waals surface area contributed by atoms with Crippen molar-refractivity contribution in [3.63, 3.8) is 0 Å². The van der Waals surface area contributed by atoms with E-state index in [9.17, 15) is 17.6 Å². The van der Waals surface area contributed by atoms with E-state index in [1.165, 1.54) is 25.3 Å². The van der Waals surface area contributed by atoms with Gasteiger partial charge < -0.3 is 19.2 Å². The van der Waals surface area contributed by atoms with Crippen LogP contribution in [0.2, 0.25) is 0 Å². The van der Waals surface area contributed by atoms with Crippen LogP contribution in [0.1, 0.15) is 11.1 Å². The Morgan fingerprint density at radius 3 is 2.43 bits per heavy atom. The Balaban J connectivity index is 1.56. The van der Waals surface area contributed by atoms with Crippen LogP contribution in [0.5, 0.6) is 17.2 Å². The number of hydrogen-bond acceptors (Lipinski definition) is 6. The third-order valence-electron chi connectivity index (χ3n) is 5.73. The molecule has 0 aliphatic carbocycles. The molecular formula is C25H21FN2O6S. The molecule has 10 heteroatoms. The highest BCUT2D eigenvalue weighted by molar-refractivity contribution is 7.89. The van der Waals surface area contributed by atoms with E-state index in [2.05, 4.69) is 4.98 Å². The summed E-state index contributed by atoms with van der Waals surface area (Å²) in [6.07, 6.45) is 0. The Bertz CT molecular complexity index is 1570. The zero-order valence-corrected chi connectivity index (χ0v) is 19.5. The number of pyridine rings is 1. The van der Waals surface area contributed by atoms with Crippen LogP contribution in [0.15, 0.2) is 76.4 Å². The van der Waals surface area contributed by atoms with E-state index in [1.54, 1.807) is 42.5 Å². The van der Waals surface area contributed by atoms with Gasteiger partial charge >= 0.3 is 0 Å². The average molecular weight is 497 g/mol. The summed E-state index contributed by atoms with van der Waals surface area (Å²) >= 11 is 0. The molecule has 0 atom stereocenters. The molecule has 180 valence electrons. The lowest BCUT2D eigenvalue weighted by atomic mass is 10.1. The zero-order chi connectivity index (χ0) is 24.6. The van der Waals surface area contributed by atoms with Gasteiger partial charge in [0.1, 0.15) is 16.5 Å². The minimum Gasteiger partial charge on any atom is -0.497 e. The van der Waals surface area contributed by atoms with E-state index in [4.69, 9.17) is 14.2 Å². The van der Waals surface area contributed by atoms with Gasteiger partial charge in [-0.05, 0) is 42.0 Å². The van der Waals surface area contributed by atoms with Crippen molar-refractivity contribution in [2.45, 2.75) is 18.0 Å². The number of fused-ring (bicyclic) bond motifs is 2. The second kappa shape index (κ2) is 9.05. The van der Waals surface area contributed by atoms with Crippen molar-refractivity contribution in [1.29, 1.82) is 0 Å². The number of hydrogen-bond donors (Lipinski definition) is 1. The van der Waals surface area contributed by atoms with Crippen LogP contribution >= 0.6 is 0 Å². The van der Waals surface area contributed by atoms with Gasteiger partial charge in [0.25, 0.3) is 5.56 Å². The number of aromatic nitrogens is 1. The topological polar surface area (TPSA) is 97.9 Å². The number of H-pyrrole nitrogens is 1. The number of nitrogens with one attached hydrogen (secondary N) is 1. The van der Waals surface area contributed by atoms with E-state index in [0.717, 1.165) is 10.4 Å². The van der Waals surface area contributed by atoms with E-state index in [0.29, 0.717) is 33.7 Å². The number of rotatable bonds is 7. The average Bonchev–Trinajstić information content (AvgIpc) is 3.30. The summed E-state index contributed by atoms with van der Waals surface area (Å²) in [5.41, 5.74) is 0.914. The highest BCUT2D eigenvalue weighted by atomic mass is 32.2. The number of sulfonamides is 1. The van der Waals surface area contributed by atoms with Gasteiger partial charge in [-0.1, -0.05) is 24.3 Å². The summed E-state index contributed by atoms with van der Waals surface area (Å²) in [5, 5.41) is 0.650. The van der Waals surface area contributed by atoms with Crippen LogP contribution in [0.4, 0.5) is 4.39 Å². The molecule has 8 nitrogen and oxygen atoms in total. The molecule has 1 aliphatic heterocycles. The lowest BCUT2D eigenvalue weighted by molar-refractivity contribution is 0.174. The van der Waals surface area contributed by atoms with Gasteiger partial charge in [0, 0.05) is 30.1 Å². The number of halogens is 1. The van der Waals surface area contributed by atoms with Gasteiger partial charge in [0.15, 0.2) is 11.5 Å².